The summed E-state index contributed by atoms with van der Waals surface area (Å²) in [6.07, 6.45) is 2.09. The zero-order valence-corrected chi connectivity index (χ0v) is 9.62. The molecule has 1 heterocycles. The van der Waals surface area contributed by atoms with Gasteiger partial charge in [-0.05, 0) is 0 Å². The van der Waals surface area contributed by atoms with E-state index in [2.05, 4.69) is 4.98 Å². The molecule has 0 aliphatic carbocycles. The summed E-state index contributed by atoms with van der Waals surface area (Å²) in [4.78, 5) is 3.95. The van der Waals surface area contributed by atoms with E-state index in [0.29, 0.717) is 25.4 Å². The molecule has 1 aromatic heterocycles. The largest absolute Gasteiger partial charge is 0.383 e. The Morgan fingerprint density at radius 1 is 1.60 bits per heavy atom. The molecular formula is C8H15N3O3S. The Labute approximate surface area is 89.1 Å². The molecule has 1 rings (SSSR count). The van der Waals surface area contributed by atoms with E-state index in [1.165, 1.54) is 6.20 Å². The standard InChI is InChI=1S/C8H15N3O3S/c1-3-7-10-8(15(9,12)13)6-11(7)4-5-14-2/h6H,3-5H2,1-2H3,(H2,9,12,13). The average Bonchev–Trinajstić information content (AvgIpc) is 2.57. The summed E-state index contributed by atoms with van der Waals surface area (Å²) < 4.78 is 28.8. The normalized spacial score (nSPS) is 11.9. The molecule has 0 fully saturated rings. The number of hydrogen-bond donors (Lipinski definition) is 1. The molecule has 0 spiro atoms. The first-order valence-electron chi connectivity index (χ1n) is 4.56. The maximum Gasteiger partial charge on any atom is 0.257 e. The highest BCUT2D eigenvalue weighted by atomic mass is 32.2. The van der Waals surface area contributed by atoms with Gasteiger partial charge >= 0.3 is 0 Å². The Hall–Kier alpha value is -0.920. The Bertz CT molecular complexity index is 424. The van der Waals surface area contributed by atoms with E-state index >= 15 is 0 Å². The van der Waals surface area contributed by atoms with Crippen molar-refractivity contribution in [3.05, 3.63) is 12.0 Å². The summed E-state index contributed by atoms with van der Waals surface area (Å²) in [6, 6.07) is 0. The summed E-state index contributed by atoms with van der Waals surface area (Å²) in [6.45, 7) is 2.98. The number of imidazole rings is 1. The topological polar surface area (TPSA) is 87.2 Å². The third-order valence-electron chi connectivity index (χ3n) is 1.98. The fourth-order valence-electron chi connectivity index (χ4n) is 1.23. The quantitative estimate of drug-likeness (QED) is 0.759. The number of rotatable bonds is 5. The van der Waals surface area contributed by atoms with Gasteiger partial charge in [-0.3, -0.25) is 0 Å². The van der Waals surface area contributed by atoms with Gasteiger partial charge in [0.25, 0.3) is 10.0 Å². The van der Waals surface area contributed by atoms with Crippen LogP contribution in [0.25, 0.3) is 0 Å². The van der Waals surface area contributed by atoms with Crippen LogP contribution >= 0.6 is 0 Å². The molecule has 15 heavy (non-hydrogen) atoms. The van der Waals surface area contributed by atoms with Gasteiger partial charge in [-0.15, -0.1) is 0 Å². The zero-order chi connectivity index (χ0) is 11.5. The Balaban J connectivity index is 3.01. The van der Waals surface area contributed by atoms with Crippen molar-refractivity contribution in [2.24, 2.45) is 5.14 Å². The Morgan fingerprint density at radius 2 is 2.27 bits per heavy atom. The summed E-state index contributed by atoms with van der Waals surface area (Å²) in [5.74, 6) is 0.691. The van der Waals surface area contributed by atoms with E-state index in [9.17, 15) is 8.42 Å². The third kappa shape index (κ3) is 3.01. The van der Waals surface area contributed by atoms with Crippen LogP contribution in [0.1, 0.15) is 12.7 Å². The number of methoxy groups -OCH3 is 1. The molecule has 0 radical (unpaired) electrons. The molecule has 0 saturated carbocycles. The minimum Gasteiger partial charge on any atom is -0.383 e. The number of sulfonamides is 1. The molecule has 0 atom stereocenters. The second kappa shape index (κ2) is 4.73. The molecule has 0 saturated heterocycles. The molecule has 7 heteroatoms. The summed E-state index contributed by atoms with van der Waals surface area (Å²) in [5.41, 5.74) is 0. The van der Waals surface area contributed by atoms with E-state index in [-0.39, 0.29) is 5.03 Å². The number of hydrogen-bond acceptors (Lipinski definition) is 4. The van der Waals surface area contributed by atoms with Gasteiger partial charge in [0.05, 0.1) is 6.61 Å². The maximum atomic E-state index is 11.1. The van der Waals surface area contributed by atoms with Crippen LogP contribution in [0.15, 0.2) is 11.2 Å². The van der Waals surface area contributed by atoms with Crippen LogP contribution in [-0.4, -0.2) is 31.7 Å². The third-order valence-corrected chi connectivity index (χ3v) is 2.76. The lowest BCUT2D eigenvalue weighted by Crippen LogP contribution is -2.12. The molecule has 0 aliphatic heterocycles. The fourth-order valence-corrected chi connectivity index (χ4v) is 1.74. The van der Waals surface area contributed by atoms with E-state index in [1.54, 1.807) is 11.7 Å². The van der Waals surface area contributed by atoms with Crippen molar-refractivity contribution in [1.29, 1.82) is 0 Å². The van der Waals surface area contributed by atoms with Crippen LogP contribution < -0.4 is 5.14 Å². The van der Waals surface area contributed by atoms with Crippen molar-refractivity contribution >= 4 is 10.0 Å². The van der Waals surface area contributed by atoms with Crippen LogP contribution in [0.4, 0.5) is 0 Å². The predicted molar refractivity (Wildman–Crippen MR) is 54.9 cm³/mol. The molecular weight excluding hydrogens is 218 g/mol. The number of primary sulfonamides is 1. The van der Waals surface area contributed by atoms with E-state index in [4.69, 9.17) is 9.88 Å². The Morgan fingerprint density at radius 3 is 2.73 bits per heavy atom. The van der Waals surface area contributed by atoms with Gasteiger partial charge < -0.3 is 9.30 Å². The van der Waals surface area contributed by atoms with Crippen LogP contribution in [-0.2, 0) is 27.7 Å². The monoisotopic (exact) mass is 233 g/mol. The van der Waals surface area contributed by atoms with Crippen molar-refractivity contribution in [3.8, 4) is 0 Å². The van der Waals surface area contributed by atoms with Gasteiger partial charge in [0.15, 0.2) is 5.03 Å². The maximum absolute atomic E-state index is 11.1. The minimum absolute atomic E-state index is 0.0875. The van der Waals surface area contributed by atoms with Gasteiger partial charge in [-0.25, -0.2) is 18.5 Å². The predicted octanol–water partition coefficient (Wildman–Crippen LogP) is -0.261. The molecule has 86 valence electrons. The Kier molecular flexibility index (Phi) is 3.83. The first-order chi connectivity index (χ1) is 6.99. The molecule has 2 N–H and O–H groups in total. The average molecular weight is 233 g/mol. The molecule has 1 aromatic rings. The first kappa shape index (κ1) is 12.2. The highest BCUT2D eigenvalue weighted by molar-refractivity contribution is 7.89. The van der Waals surface area contributed by atoms with Crippen LogP contribution in [0.2, 0.25) is 0 Å². The van der Waals surface area contributed by atoms with Crippen molar-refractivity contribution in [1.82, 2.24) is 9.55 Å². The van der Waals surface area contributed by atoms with Crippen LogP contribution in [0, 0.1) is 0 Å². The molecule has 0 unspecified atom stereocenters. The molecule has 0 bridgehead atoms. The molecule has 0 amide bonds. The van der Waals surface area contributed by atoms with Gasteiger partial charge in [0.2, 0.25) is 0 Å². The highest BCUT2D eigenvalue weighted by Gasteiger charge is 2.14. The van der Waals surface area contributed by atoms with E-state index in [1.807, 2.05) is 6.92 Å². The van der Waals surface area contributed by atoms with Gasteiger partial charge in [-0.1, -0.05) is 6.92 Å². The fraction of sp³-hybridized carbons (Fsp3) is 0.625. The van der Waals surface area contributed by atoms with Crippen LogP contribution in [0.5, 0.6) is 0 Å². The van der Waals surface area contributed by atoms with E-state index < -0.39 is 10.0 Å². The van der Waals surface area contributed by atoms with Crippen molar-refractivity contribution in [3.63, 3.8) is 0 Å². The summed E-state index contributed by atoms with van der Waals surface area (Å²) in [7, 11) is -2.13. The number of aromatic nitrogens is 2. The summed E-state index contributed by atoms with van der Waals surface area (Å²) >= 11 is 0. The number of ether oxygens (including phenoxy) is 1. The van der Waals surface area contributed by atoms with Crippen molar-refractivity contribution < 1.29 is 13.2 Å². The van der Waals surface area contributed by atoms with Gasteiger partial charge in [0, 0.05) is 26.3 Å². The highest BCUT2D eigenvalue weighted by Crippen LogP contribution is 2.08. The lowest BCUT2D eigenvalue weighted by Gasteiger charge is -2.03. The van der Waals surface area contributed by atoms with E-state index in [0.717, 1.165) is 0 Å². The molecule has 0 aromatic carbocycles. The minimum atomic E-state index is -3.71. The lowest BCUT2D eigenvalue weighted by atomic mass is 10.4. The SMILES string of the molecule is CCc1nc(S(N)(=O)=O)cn1CCOC. The summed E-state index contributed by atoms with van der Waals surface area (Å²) in [5, 5.41) is 4.90. The van der Waals surface area contributed by atoms with Gasteiger partial charge in [-0.2, -0.15) is 0 Å². The molecule has 6 nitrogen and oxygen atoms in total. The van der Waals surface area contributed by atoms with Crippen molar-refractivity contribution in [2.75, 3.05) is 13.7 Å². The number of nitrogens with zero attached hydrogens (tertiary/aromatic N) is 2. The molecule has 0 aliphatic rings. The smallest absolute Gasteiger partial charge is 0.257 e. The number of nitrogens with two attached hydrogens (primary N) is 1. The van der Waals surface area contributed by atoms with Crippen LogP contribution in [0.3, 0.4) is 0 Å². The zero-order valence-electron chi connectivity index (χ0n) is 8.80. The lowest BCUT2D eigenvalue weighted by molar-refractivity contribution is 0.186. The van der Waals surface area contributed by atoms with Crippen molar-refractivity contribution in [2.45, 2.75) is 24.9 Å². The second-order valence-electron chi connectivity index (χ2n) is 3.08. The number of aryl methyl sites for hydroxylation is 1. The van der Waals surface area contributed by atoms with Gasteiger partial charge in [0.1, 0.15) is 5.82 Å². The first-order valence-corrected chi connectivity index (χ1v) is 6.11. The second-order valence-corrected chi connectivity index (χ2v) is 4.59.